The number of carbonyl (C=O) groups excluding carboxylic acids is 2. The maximum absolute atomic E-state index is 13.0. The van der Waals surface area contributed by atoms with Crippen LogP contribution in [0.2, 0.25) is 5.02 Å². The van der Waals surface area contributed by atoms with Crippen LogP contribution in [0.15, 0.2) is 42.5 Å². The lowest BCUT2D eigenvalue weighted by Gasteiger charge is -2.12. The fourth-order valence-electron chi connectivity index (χ4n) is 3.82. The number of hydrogen-bond donors (Lipinski definition) is 1. The van der Waals surface area contributed by atoms with E-state index >= 15 is 0 Å². The van der Waals surface area contributed by atoms with Crippen molar-refractivity contribution in [2.24, 2.45) is 0 Å². The molecule has 1 heterocycles. The third-order valence-corrected chi connectivity index (χ3v) is 5.67. The average molecular weight is 423 g/mol. The minimum absolute atomic E-state index is 0.187. The van der Waals surface area contributed by atoms with Crippen LogP contribution in [-0.2, 0) is 12.8 Å². The Morgan fingerprint density at radius 2 is 1.90 bits per heavy atom. The van der Waals surface area contributed by atoms with Crippen molar-refractivity contribution in [1.82, 2.24) is 14.7 Å². The summed E-state index contributed by atoms with van der Waals surface area (Å²) in [5.41, 5.74) is 5.55. The summed E-state index contributed by atoms with van der Waals surface area (Å²) in [6.45, 7) is 2.04. The molecule has 30 heavy (non-hydrogen) atoms. The molecule has 0 bridgehead atoms. The maximum Gasteiger partial charge on any atom is 0.276 e. The molecule has 0 unspecified atom stereocenters. The van der Waals surface area contributed by atoms with E-state index in [-0.39, 0.29) is 11.8 Å². The van der Waals surface area contributed by atoms with Crippen molar-refractivity contribution in [3.05, 3.63) is 75.6 Å². The highest BCUT2D eigenvalue weighted by molar-refractivity contribution is 6.34. The molecule has 0 saturated carbocycles. The number of carbonyl (C=O) groups is 2. The summed E-state index contributed by atoms with van der Waals surface area (Å²) in [7, 11) is 3.33. The molecule has 0 spiro atoms. The van der Waals surface area contributed by atoms with Gasteiger partial charge in [-0.3, -0.25) is 9.59 Å². The maximum atomic E-state index is 13.0. The summed E-state index contributed by atoms with van der Waals surface area (Å²) in [4.78, 5) is 26.7. The number of nitrogens with one attached hydrogen (secondary N) is 1. The lowest BCUT2D eigenvalue weighted by Crippen LogP contribution is -2.22. The van der Waals surface area contributed by atoms with Crippen molar-refractivity contribution in [2.75, 3.05) is 19.4 Å². The zero-order valence-electron chi connectivity index (χ0n) is 17.2. The summed E-state index contributed by atoms with van der Waals surface area (Å²) in [5, 5.41) is 7.83. The summed E-state index contributed by atoms with van der Waals surface area (Å²) >= 11 is 6.27. The van der Waals surface area contributed by atoms with E-state index in [1.807, 2.05) is 35.9 Å². The second-order valence-corrected chi connectivity index (χ2v) is 8.08. The number of aryl methyl sites for hydroxylation is 1. The van der Waals surface area contributed by atoms with Crippen molar-refractivity contribution >= 4 is 29.1 Å². The molecular formula is C23H23ClN4O2. The third-order valence-electron chi connectivity index (χ3n) is 5.35. The van der Waals surface area contributed by atoms with Crippen molar-refractivity contribution < 1.29 is 9.59 Å². The topological polar surface area (TPSA) is 67.2 Å². The molecule has 3 aromatic rings. The fourth-order valence-corrected chi connectivity index (χ4v) is 4.08. The molecular weight excluding hydrogens is 400 g/mol. The van der Waals surface area contributed by atoms with Gasteiger partial charge in [-0.2, -0.15) is 5.10 Å². The lowest BCUT2D eigenvalue weighted by molar-refractivity contribution is 0.0827. The molecule has 6 nitrogen and oxygen atoms in total. The van der Waals surface area contributed by atoms with Gasteiger partial charge in [0, 0.05) is 31.0 Å². The van der Waals surface area contributed by atoms with Crippen LogP contribution in [0.4, 0.5) is 5.69 Å². The Bertz CT molecular complexity index is 1150. The first-order chi connectivity index (χ1) is 14.4. The van der Waals surface area contributed by atoms with Gasteiger partial charge in [-0.1, -0.05) is 29.8 Å². The number of rotatable bonds is 4. The standard InChI is InChI=1S/C23H23ClN4O2/c1-14-7-4-5-9-19(14)28-20-10-6-8-17(20)21(26-28)22(29)25-15-11-12-16(18(24)13-15)23(30)27(2)3/h4-5,7,9,11-13H,6,8,10H2,1-3H3,(H,25,29). The number of hydrogen-bond acceptors (Lipinski definition) is 3. The highest BCUT2D eigenvalue weighted by Gasteiger charge is 2.27. The van der Waals surface area contributed by atoms with Gasteiger partial charge in [-0.05, 0) is 56.0 Å². The molecule has 4 rings (SSSR count). The molecule has 0 atom stereocenters. The Balaban J connectivity index is 1.64. The van der Waals surface area contributed by atoms with Crippen LogP contribution in [0.3, 0.4) is 0 Å². The van der Waals surface area contributed by atoms with Crippen LogP contribution in [0.5, 0.6) is 0 Å². The third kappa shape index (κ3) is 3.59. The summed E-state index contributed by atoms with van der Waals surface area (Å²) in [5.74, 6) is -0.462. The Morgan fingerprint density at radius 1 is 1.13 bits per heavy atom. The highest BCUT2D eigenvalue weighted by atomic mass is 35.5. The quantitative estimate of drug-likeness (QED) is 0.682. The predicted octanol–water partition coefficient (Wildman–Crippen LogP) is 4.28. The van der Waals surface area contributed by atoms with Gasteiger partial charge in [0.2, 0.25) is 0 Å². The number of nitrogens with zero attached hydrogens (tertiary/aromatic N) is 3. The van der Waals surface area contributed by atoms with E-state index < -0.39 is 0 Å². The Morgan fingerprint density at radius 3 is 2.60 bits per heavy atom. The van der Waals surface area contributed by atoms with E-state index in [1.165, 1.54) is 4.90 Å². The van der Waals surface area contributed by atoms with Crippen molar-refractivity contribution in [2.45, 2.75) is 26.2 Å². The SMILES string of the molecule is Cc1ccccc1-n1nc(C(=O)Nc2ccc(C(=O)N(C)C)c(Cl)c2)c2c1CCC2. The van der Waals surface area contributed by atoms with Gasteiger partial charge in [-0.15, -0.1) is 0 Å². The number of amides is 2. The van der Waals surface area contributed by atoms with Crippen LogP contribution in [0.25, 0.3) is 5.69 Å². The van der Waals surface area contributed by atoms with Gasteiger partial charge in [-0.25, -0.2) is 4.68 Å². The number of para-hydroxylation sites is 1. The molecule has 154 valence electrons. The molecule has 1 aromatic heterocycles. The molecule has 0 radical (unpaired) electrons. The fraction of sp³-hybridized carbons (Fsp3) is 0.261. The minimum Gasteiger partial charge on any atom is -0.345 e. The predicted molar refractivity (Wildman–Crippen MR) is 118 cm³/mol. The number of benzene rings is 2. The monoisotopic (exact) mass is 422 g/mol. The van der Waals surface area contributed by atoms with Crippen molar-refractivity contribution in [3.63, 3.8) is 0 Å². The van der Waals surface area contributed by atoms with Gasteiger partial charge in [0.25, 0.3) is 11.8 Å². The molecule has 2 amide bonds. The summed E-state index contributed by atoms with van der Waals surface area (Å²) in [6, 6.07) is 12.9. The van der Waals surface area contributed by atoms with Crippen LogP contribution >= 0.6 is 11.6 Å². The van der Waals surface area contributed by atoms with Gasteiger partial charge in [0.15, 0.2) is 5.69 Å². The summed E-state index contributed by atoms with van der Waals surface area (Å²) < 4.78 is 1.90. The second-order valence-electron chi connectivity index (χ2n) is 7.67. The smallest absolute Gasteiger partial charge is 0.276 e. The zero-order chi connectivity index (χ0) is 21.4. The normalized spacial score (nSPS) is 12.5. The molecule has 7 heteroatoms. The van der Waals surface area contributed by atoms with Crippen molar-refractivity contribution in [3.8, 4) is 5.69 Å². The zero-order valence-corrected chi connectivity index (χ0v) is 18.0. The molecule has 0 aliphatic heterocycles. The Labute approximate surface area is 180 Å². The lowest BCUT2D eigenvalue weighted by atomic mass is 10.1. The van der Waals surface area contributed by atoms with Crippen LogP contribution < -0.4 is 5.32 Å². The van der Waals surface area contributed by atoms with Crippen LogP contribution in [-0.4, -0.2) is 40.6 Å². The second kappa shape index (κ2) is 7.95. The summed E-state index contributed by atoms with van der Waals surface area (Å²) in [6.07, 6.45) is 2.74. The number of anilines is 1. The van der Waals surface area contributed by atoms with Gasteiger partial charge < -0.3 is 10.2 Å². The van der Waals surface area contributed by atoms with E-state index in [0.29, 0.717) is 22.0 Å². The first kappa shape index (κ1) is 20.2. The average Bonchev–Trinajstić information content (AvgIpc) is 3.31. The van der Waals surface area contributed by atoms with Crippen LogP contribution in [0, 0.1) is 6.92 Å². The number of halogens is 1. The first-order valence-corrected chi connectivity index (χ1v) is 10.2. The van der Waals surface area contributed by atoms with Gasteiger partial charge in [0.1, 0.15) is 0 Å². The van der Waals surface area contributed by atoms with E-state index in [1.54, 1.807) is 32.3 Å². The molecule has 0 saturated heterocycles. The van der Waals surface area contributed by atoms with Gasteiger partial charge in [0.05, 0.1) is 16.3 Å². The van der Waals surface area contributed by atoms with Crippen LogP contribution in [0.1, 0.15) is 44.1 Å². The first-order valence-electron chi connectivity index (χ1n) is 9.86. The Kier molecular flexibility index (Phi) is 5.35. The molecule has 0 fully saturated rings. The molecule has 1 N–H and O–H groups in total. The largest absolute Gasteiger partial charge is 0.345 e. The highest BCUT2D eigenvalue weighted by Crippen LogP contribution is 2.30. The molecule has 1 aliphatic rings. The van der Waals surface area contributed by atoms with E-state index in [4.69, 9.17) is 11.6 Å². The number of fused-ring (bicyclic) bond motifs is 1. The minimum atomic E-state index is -0.275. The van der Waals surface area contributed by atoms with Crippen molar-refractivity contribution in [1.29, 1.82) is 0 Å². The van der Waals surface area contributed by atoms with Gasteiger partial charge >= 0.3 is 0 Å². The Hall–Kier alpha value is -3.12. The molecule has 1 aliphatic carbocycles. The molecule has 2 aromatic carbocycles. The number of aromatic nitrogens is 2. The van der Waals surface area contributed by atoms with E-state index in [0.717, 1.165) is 41.8 Å². The van der Waals surface area contributed by atoms with E-state index in [2.05, 4.69) is 10.4 Å². The van der Waals surface area contributed by atoms with E-state index in [9.17, 15) is 9.59 Å².